The number of benzene rings is 2. The van der Waals surface area contributed by atoms with E-state index in [9.17, 15) is 22.8 Å². The molecule has 0 unspecified atom stereocenters. The Balaban J connectivity index is 1.13. The lowest BCUT2D eigenvalue weighted by molar-refractivity contribution is -0.116. The maximum atomic E-state index is 14.9. The SMILES string of the molecule is O=C(CC(c1ccc(F)cc1)c1ccc(F)cc1)Nc1cncc(F)c1CC[C@@H]1CN[C@H](COC(=O)NCc2ccno2)CO1. The van der Waals surface area contributed by atoms with Crippen molar-refractivity contribution in [3.05, 3.63) is 113 Å². The van der Waals surface area contributed by atoms with Crippen LogP contribution in [0.25, 0.3) is 0 Å². The van der Waals surface area contributed by atoms with Crippen molar-refractivity contribution >= 4 is 17.7 Å². The summed E-state index contributed by atoms with van der Waals surface area (Å²) in [6, 6.07) is 12.9. The zero-order valence-corrected chi connectivity index (χ0v) is 24.2. The zero-order chi connectivity index (χ0) is 31.6. The van der Waals surface area contributed by atoms with Crippen LogP contribution in [0.4, 0.5) is 23.7 Å². The first-order valence-corrected chi connectivity index (χ1v) is 14.4. The molecular weight excluding hydrogens is 591 g/mol. The van der Waals surface area contributed by atoms with Crippen molar-refractivity contribution in [1.82, 2.24) is 20.8 Å². The van der Waals surface area contributed by atoms with E-state index in [-0.39, 0.29) is 56.0 Å². The van der Waals surface area contributed by atoms with E-state index in [0.717, 1.165) is 6.20 Å². The molecule has 0 radical (unpaired) electrons. The highest BCUT2D eigenvalue weighted by molar-refractivity contribution is 5.92. The van der Waals surface area contributed by atoms with Crippen LogP contribution in [0.2, 0.25) is 0 Å². The number of aromatic nitrogens is 2. The maximum Gasteiger partial charge on any atom is 0.407 e. The summed E-state index contributed by atoms with van der Waals surface area (Å²) in [6.07, 6.45) is 3.79. The predicted molar refractivity (Wildman–Crippen MR) is 157 cm³/mol. The molecule has 1 aliphatic heterocycles. The molecule has 1 fully saturated rings. The van der Waals surface area contributed by atoms with Gasteiger partial charge in [0, 0.05) is 30.5 Å². The van der Waals surface area contributed by atoms with E-state index in [4.69, 9.17) is 14.0 Å². The van der Waals surface area contributed by atoms with Gasteiger partial charge in [0.2, 0.25) is 5.91 Å². The highest BCUT2D eigenvalue weighted by Gasteiger charge is 2.24. The summed E-state index contributed by atoms with van der Waals surface area (Å²) in [7, 11) is 0. The van der Waals surface area contributed by atoms with E-state index in [1.54, 1.807) is 30.3 Å². The lowest BCUT2D eigenvalue weighted by atomic mass is 9.88. The smallest absolute Gasteiger partial charge is 0.407 e. The van der Waals surface area contributed by atoms with Crippen LogP contribution in [0, 0.1) is 17.5 Å². The average Bonchev–Trinajstić information content (AvgIpc) is 3.57. The molecule has 2 aromatic carbocycles. The van der Waals surface area contributed by atoms with Crippen LogP contribution in [-0.4, -0.2) is 54.0 Å². The van der Waals surface area contributed by atoms with Gasteiger partial charge in [0.15, 0.2) is 5.76 Å². The van der Waals surface area contributed by atoms with Crippen molar-refractivity contribution < 1.29 is 36.8 Å². The van der Waals surface area contributed by atoms with E-state index in [1.807, 2.05) is 0 Å². The summed E-state index contributed by atoms with van der Waals surface area (Å²) in [5.41, 5.74) is 1.88. The average molecular weight is 624 g/mol. The van der Waals surface area contributed by atoms with Gasteiger partial charge >= 0.3 is 6.09 Å². The summed E-state index contributed by atoms with van der Waals surface area (Å²) < 4.78 is 58.1. The minimum absolute atomic E-state index is 0.0512. The second-order valence-electron chi connectivity index (χ2n) is 10.6. The van der Waals surface area contributed by atoms with Gasteiger partial charge in [-0.15, -0.1) is 0 Å². The molecule has 2 atom stereocenters. The van der Waals surface area contributed by atoms with E-state index in [1.165, 1.54) is 36.7 Å². The highest BCUT2D eigenvalue weighted by atomic mass is 19.1. The number of morpholine rings is 1. The molecule has 3 N–H and O–H groups in total. The first-order chi connectivity index (χ1) is 21.8. The molecule has 0 aliphatic carbocycles. The Labute approximate surface area is 257 Å². The van der Waals surface area contributed by atoms with Crippen molar-refractivity contribution in [2.75, 3.05) is 25.1 Å². The normalized spacial score (nSPS) is 16.4. The van der Waals surface area contributed by atoms with Crippen LogP contribution >= 0.6 is 0 Å². The van der Waals surface area contributed by atoms with Gasteiger partial charge < -0.3 is 29.9 Å². The Hall–Kier alpha value is -4.75. The monoisotopic (exact) mass is 623 g/mol. The Morgan fingerprint density at radius 3 is 2.33 bits per heavy atom. The summed E-state index contributed by atoms with van der Waals surface area (Å²) in [5, 5.41) is 12.2. The van der Waals surface area contributed by atoms with Crippen LogP contribution in [0.1, 0.15) is 41.2 Å². The number of hydrogen-bond donors (Lipinski definition) is 3. The number of pyridine rings is 1. The van der Waals surface area contributed by atoms with Crippen molar-refractivity contribution in [2.24, 2.45) is 0 Å². The molecule has 10 nitrogen and oxygen atoms in total. The number of halogens is 3. The van der Waals surface area contributed by atoms with Crippen molar-refractivity contribution in [3.8, 4) is 0 Å². The molecule has 1 saturated heterocycles. The minimum Gasteiger partial charge on any atom is -0.448 e. The number of anilines is 1. The van der Waals surface area contributed by atoms with Gasteiger partial charge in [0.1, 0.15) is 24.1 Å². The first kappa shape index (κ1) is 31.7. The number of rotatable bonds is 12. The minimum atomic E-state index is -0.597. The maximum absolute atomic E-state index is 14.9. The molecular formula is C32H32F3N5O5. The fourth-order valence-electron chi connectivity index (χ4n) is 5.01. The Morgan fingerprint density at radius 1 is 1.00 bits per heavy atom. The molecule has 2 aromatic heterocycles. The third-order valence-electron chi connectivity index (χ3n) is 7.41. The van der Waals surface area contributed by atoms with Crippen LogP contribution < -0.4 is 16.0 Å². The molecule has 3 heterocycles. The molecule has 4 aromatic rings. The van der Waals surface area contributed by atoms with Crippen molar-refractivity contribution in [2.45, 2.75) is 43.9 Å². The van der Waals surface area contributed by atoms with Gasteiger partial charge in [-0.25, -0.2) is 18.0 Å². The van der Waals surface area contributed by atoms with E-state index >= 15 is 0 Å². The summed E-state index contributed by atoms with van der Waals surface area (Å²) in [4.78, 5) is 29.0. The topological polar surface area (TPSA) is 128 Å². The summed E-state index contributed by atoms with van der Waals surface area (Å²) >= 11 is 0. The summed E-state index contributed by atoms with van der Waals surface area (Å²) in [5.74, 6) is -1.80. The van der Waals surface area contributed by atoms with Gasteiger partial charge in [-0.2, -0.15) is 0 Å². The van der Waals surface area contributed by atoms with Crippen LogP contribution in [0.15, 0.2) is 77.7 Å². The lowest BCUT2D eigenvalue weighted by Gasteiger charge is -2.30. The fourth-order valence-corrected chi connectivity index (χ4v) is 5.01. The molecule has 0 spiro atoms. The molecule has 45 heavy (non-hydrogen) atoms. The molecule has 0 saturated carbocycles. The van der Waals surface area contributed by atoms with Gasteiger partial charge in [-0.1, -0.05) is 29.4 Å². The number of carbonyl (C=O) groups excluding carboxylic acids is 2. The quantitative estimate of drug-likeness (QED) is 0.204. The van der Waals surface area contributed by atoms with Crippen LogP contribution in [-0.2, 0) is 27.2 Å². The van der Waals surface area contributed by atoms with Gasteiger partial charge in [-0.3, -0.25) is 9.78 Å². The largest absolute Gasteiger partial charge is 0.448 e. The van der Waals surface area contributed by atoms with Crippen LogP contribution in [0.5, 0.6) is 0 Å². The number of carbonyl (C=O) groups is 2. The van der Waals surface area contributed by atoms with Gasteiger partial charge in [0.05, 0.1) is 49.6 Å². The fraction of sp³-hybridized carbons (Fsp3) is 0.312. The number of amides is 2. The first-order valence-electron chi connectivity index (χ1n) is 14.4. The Bertz CT molecular complexity index is 1500. The number of nitrogens with one attached hydrogen (secondary N) is 3. The number of ether oxygens (including phenoxy) is 2. The van der Waals surface area contributed by atoms with E-state index < -0.39 is 35.4 Å². The Kier molecular flexibility index (Phi) is 10.8. The van der Waals surface area contributed by atoms with E-state index in [2.05, 4.69) is 26.1 Å². The molecule has 0 bridgehead atoms. The van der Waals surface area contributed by atoms with Crippen molar-refractivity contribution in [3.63, 3.8) is 0 Å². The Morgan fingerprint density at radius 2 is 1.71 bits per heavy atom. The summed E-state index contributed by atoms with van der Waals surface area (Å²) in [6.45, 7) is 1.00. The van der Waals surface area contributed by atoms with Gasteiger partial charge in [-0.05, 0) is 48.2 Å². The highest BCUT2D eigenvalue weighted by Crippen LogP contribution is 2.30. The number of hydrogen-bond acceptors (Lipinski definition) is 8. The zero-order valence-electron chi connectivity index (χ0n) is 24.2. The third kappa shape index (κ3) is 9.13. The number of alkyl carbamates (subject to hydrolysis) is 1. The van der Waals surface area contributed by atoms with Crippen molar-refractivity contribution in [1.29, 1.82) is 0 Å². The van der Waals surface area contributed by atoms with Gasteiger partial charge in [0.25, 0.3) is 0 Å². The molecule has 2 amide bonds. The third-order valence-corrected chi connectivity index (χ3v) is 7.41. The lowest BCUT2D eigenvalue weighted by Crippen LogP contribution is -2.49. The second-order valence-corrected chi connectivity index (χ2v) is 10.6. The standard InChI is InChI=1S/C32H32F3N5O5/c33-22-5-1-20(2-6-22)28(21-3-7-23(34)8-4-21)13-31(41)40-30-17-36-16-29(35)27(30)10-9-25-14-37-24(18-43-25)19-44-32(42)38-15-26-11-12-39-45-26/h1-8,11-12,16-17,24-25,28,37H,9-10,13-15,18-19H2,(H,38,42)(H,40,41)/t24-,25+/m0/s1. The molecule has 5 rings (SSSR count). The van der Waals surface area contributed by atoms with E-state index in [0.29, 0.717) is 29.9 Å². The molecule has 13 heteroatoms. The molecule has 1 aliphatic rings. The second kappa shape index (κ2) is 15.3. The molecule has 236 valence electrons. The number of nitrogens with zero attached hydrogens (tertiary/aromatic N) is 2. The van der Waals surface area contributed by atoms with Crippen LogP contribution in [0.3, 0.4) is 0 Å². The predicted octanol–water partition coefficient (Wildman–Crippen LogP) is 4.86.